The molecule has 0 spiro atoms. The van der Waals surface area contributed by atoms with Gasteiger partial charge in [0.1, 0.15) is 6.61 Å². The molecule has 0 N–H and O–H groups in total. The lowest BCUT2D eigenvalue weighted by molar-refractivity contribution is -0.152. The Labute approximate surface area is 116 Å². The van der Waals surface area contributed by atoms with Gasteiger partial charge >= 0.3 is 11.9 Å². The number of carbonyl (C=O) groups excluding carboxylic acids is 3. The maximum atomic E-state index is 11.7. The van der Waals surface area contributed by atoms with Gasteiger partial charge in [0.15, 0.2) is 6.04 Å². The summed E-state index contributed by atoms with van der Waals surface area (Å²) in [6.45, 7) is 1.88. The van der Waals surface area contributed by atoms with E-state index in [9.17, 15) is 14.4 Å². The summed E-state index contributed by atoms with van der Waals surface area (Å²) in [6.07, 6.45) is 0.924. The SMILES string of the molecule is CCOC(=O)CC(N=C=O)C(=O)OCc1ccccc1. The first-order valence-corrected chi connectivity index (χ1v) is 6.10. The second kappa shape index (κ2) is 8.61. The van der Waals surface area contributed by atoms with E-state index >= 15 is 0 Å². The van der Waals surface area contributed by atoms with Crippen molar-refractivity contribution in [3.8, 4) is 0 Å². The Morgan fingerprint density at radius 1 is 1.25 bits per heavy atom. The van der Waals surface area contributed by atoms with Crippen LogP contribution in [0.1, 0.15) is 18.9 Å². The summed E-state index contributed by atoms with van der Waals surface area (Å²) in [5.74, 6) is -1.38. The van der Waals surface area contributed by atoms with E-state index < -0.39 is 18.0 Å². The summed E-state index contributed by atoms with van der Waals surface area (Å²) in [4.78, 5) is 36.6. The molecule has 0 saturated carbocycles. The van der Waals surface area contributed by atoms with Crippen LogP contribution in [0.5, 0.6) is 0 Å². The van der Waals surface area contributed by atoms with Crippen molar-refractivity contribution in [3.05, 3.63) is 35.9 Å². The fourth-order valence-electron chi connectivity index (χ4n) is 1.45. The number of aliphatic imine (C=N–C) groups is 1. The molecule has 0 fully saturated rings. The standard InChI is InChI=1S/C14H15NO5/c1-2-19-13(17)8-12(15-10-16)14(18)20-9-11-6-4-3-5-7-11/h3-7,12H,2,8-9H2,1H3. The van der Waals surface area contributed by atoms with Crippen LogP contribution in [0, 0.1) is 0 Å². The van der Waals surface area contributed by atoms with Crippen LogP contribution in [0.4, 0.5) is 0 Å². The van der Waals surface area contributed by atoms with Crippen LogP contribution in [-0.2, 0) is 30.5 Å². The molecule has 0 aliphatic carbocycles. The van der Waals surface area contributed by atoms with Gasteiger partial charge in [0.25, 0.3) is 0 Å². The molecule has 6 heteroatoms. The summed E-state index contributed by atoms with van der Waals surface area (Å²) >= 11 is 0. The summed E-state index contributed by atoms with van der Waals surface area (Å²) in [5.41, 5.74) is 0.797. The van der Waals surface area contributed by atoms with Gasteiger partial charge in [0.2, 0.25) is 6.08 Å². The normalized spacial score (nSPS) is 11.1. The van der Waals surface area contributed by atoms with Crippen LogP contribution in [0.3, 0.4) is 0 Å². The Kier molecular flexibility index (Phi) is 6.71. The van der Waals surface area contributed by atoms with Gasteiger partial charge < -0.3 is 9.47 Å². The van der Waals surface area contributed by atoms with E-state index in [0.29, 0.717) is 0 Å². The topological polar surface area (TPSA) is 82.0 Å². The highest BCUT2D eigenvalue weighted by Crippen LogP contribution is 2.06. The van der Waals surface area contributed by atoms with Crippen LogP contribution in [-0.4, -0.2) is 30.7 Å². The molecular formula is C14H15NO5. The van der Waals surface area contributed by atoms with Gasteiger partial charge in [0.05, 0.1) is 13.0 Å². The lowest BCUT2D eigenvalue weighted by Crippen LogP contribution is -2.25. The molecule has 1 rings (SSSR count). The number of hydrogen-bond donors (Lipinski definition) is 0. The number of esters is 2. The molecule has 0 amide bonds. The molecule has 1 atom stereocenters. The van der Waals surface area contributed by atoms with Gasteiger partial charge in [0, 0.05) is 0 Å². The van der Waals surface area contributed by atoms with E-state index in [1.807, 2.05) is 18.2 Å². The molecule has 1 aromatic carbocycles. The van der Waals surface area contributed by atoms with Crippen molar-refractivity contribution in [1.29, 1.82) is 0 Å². The fraction of sp³-hybridized carbons (Fsp3) is 0.357. The van der Waals surface area contributed by atoms with Crippen LogP contribution in [0.2, 0.25) is 0 Å². The molecule has 1 aromatic rings. The zero-order valence-corrected chi connectivity index (χ0v) is 11.1. The molecule has 6 nitrogen and oxygen atoms in total. The van der Waals surface area contributed by atoms with E-state index in [1.165, 1.54) is 6.08 Å². The van der Waals surface area contributed by atoms with Gasteiger partial charge in [-0.25, -0.2) is 9.59 Å². The minimum absolute atomic E-state index is 0.0490. The average molecular weight is 277 g/mol. The molecule has 0 saturated heterocycles. The summed E-state index contributed by atoms with van der Waals surface area (Å²) < 4.78 is 9.70. The van der Waals surface area contributed by atoms with Crippen molar-refractivity contribution in [2.75, 3.05) is 6.61 Å². The van der Waals surface area contributed by atoms with E-state index in [4.69, 9.17) is 9.47 Å². The second-order valence-corrected chi connectivity index (χ2v) is 3.84. The highest BCUT2D eigenvalue weighted by molar-refractivity contribution is 5.83. The monoisotopic (exact) mass is 277 g/mol. The van der Waals surface area contributed by atoms with Gasteiger partial charge in [-0.2, -0.15) is 4.99 Å². The number of ether oxygens (including phenoxy) is 2. The number of carbonyl (C=O) groups is 2. The first kappa shape index (κ1) is 15.6. The Balaban J connectivity index is 2.56. The number of nitrogens with zero attached hydrogens (tertiary/aromatic N) is 1. The van der Waals surface area contributed by atoms with Gasteiger partial charge in [-0.1, -0.05) is 30.3 Å². The quantitative estimate of drug-likeness (QED) is 0.427. The lowest BCUT2D eigenvalue weighted by Gasteiger charge is -2.10. The zero-order chi connectivity index (χ0) is 14.8. The van der Waals surface area contributed by atoms with Crippen molar-refractivity contribution in [2.45, 2.75) is 26.0 Å². The third-order valence-corrected chi connectivity index (χ3v) is 2.37. The molecule has 0 heterocycles. The van der Waals surface area contributed by atoms with E-state index in [1.54, 1.807) is 19.1 Å². The molecule has 20 heavy (non-hydrogen) atoms. The molecule has 0 aliphatic rings. The number of rotatable bonds is 7. The van der Waals surface area contributed by atoms with Crippen LogP contribution in [0.25, 0.3) is 0 Å². The van der Waals surface area contributed by atoms with Gasteiger partial charge in [-0.05, 0) is 12.5 Å². The van der Waals surface area contributed by atoms with Crippen LogP contribution >= 0.6 is 0 Å². The smallest absolute Gasteiger partial charge is 0.332 e. The summed E-state index contributed by atoms with van der Waals surface area (Å²) in [5, 5.41) is 0. The maximum absolute atomic E-state index is 11.7. The third-order valence-electron chi connectivity index (χ3n) is 2.37. The predicted octanol–water partition coefficient (Wildman–Crippen LogP) is 1.39. The summed E-state index contributed by atoms with van der Waals surface area (Å²) in [7, 11) is 0. The van der Waals surface area contributed by atoms with Crippen molar-refractivity contribution < 1.29 is 23.9 Å². The average Bonchev–Trinajstić information content (AvgIpc) is 2.45. The summed E-state index contributed by atoms with van der Waals surface area (Å²) in [6, 6.07) is 7.82. The minimum Gasteiger partial charge on any atom is -0.466 e. The number of benzene rings is 1. The third kappa shape index (κ3) is 5.46. The largest absolute Gasteiger partial charge is 0.466 e. The Bertz CT molecular complexity index is 494. The molecule has 0 bridgehead atoms. The van der Waals surface area contributed by atoms with Crippen molar-refractivity contribution in [1.82, 2.24) is 0 Å². The van der Waals surface area contributed by atoms with Crippen molar-refractivity contribution >= 4 is 18.0 Å². The highest BCUT2D eigenvalue weighted by Gasteiger charge is 2.23. The van der Waals surface area contributed by atoms with Gasteiger partial charge in [-0.15, -0.1) is 0 Å². The Morgan fingerprint density at radius 2 is 1.95 bits per heavy atom. The molecule has 0 radical (unpaired) electrons. The first-order chi connectivity index (χ1) is 9.67. The number of isocyanates is 1. The molecular weight excluding hydrogens is 262 g/mol. The zero-order valence-electron chi connectivity index (χ0n) is 11.1. The van der Waals surface area contributed by atoms with Gasteiger partial charge in [-0.3, -0.25) is 4.79 Å². The fourth-order valence-corrected chi connectivity index (χ4v) is 1.45. The van der Waals surface area contributed by atoms with E-state index in [0.717, 1.165) is 5.56 Å². The molecule has 106 valence electrons. The van der Waals surface area contributed by atoms with Crippen molar-refractivity contribution in [3.63, 3.8) is 0 Å². The lowest BCUT2D eigenvalue weighted by atomic mass is 10.2. The Morgan fingerprint density at radius 3 is 2.55 bits per heavy atom. The molecule has 1 unspecified atom stereocenters. The number of hydrogen-bond acceptors (Lipinski definition) is 6. The minimum atomic E-state index is -1.21. The highest BCUT2D eigenvalue weighted by atomic mass is 16.5. The second-order valence-electron chi connectivity index (χ2n) is 3.84. The first-order valence-electron chi connectivity index (χ1n) is 6.10. The van der Waals surface area contributed by atoms with Crippen molar-refractivity contribution in [2.24, 2.45) is 4.99 Å². The molecule has 0 aromatic heterocycles. The van der Waals surface area contributed by atoms with E-state index in [2.05, 4.69) is 4.99 Å². The van der Waals surface area contributed by atoms with E-state index in [-0.39, 0.29) is 19.6 Å². The maximum Gasteiger partial charge on any atom is 0.332 e. The molecule has 0 aliphatic heterocycles. The predicted molar refractivity (Wildman–Crippen MR) is 69.4 cm³/mol. The Hall–Kier alpha value is -2.46. The van der Waals surface area contributed by atoms with Crippen LogP contribution in [0.15, 0.2) is 35.3 Å². The van der Waals surface area contributed by atoms with Crippen LogP contribution < -0.4 is 0 Å².